The molecule has 5 rings (SSSR count). The Morgan fingerprint density at radius 3 is 2.71 bits per heavy atom. The number of hydrogen-bond acceptors (Lipinski definition) is 5. The number of methoxy groups -OCH3 is 1. The van der Waals surface area contributed by atoms with Gasteiger partial charge >= 0.3 is 0 Å². The zero-order valence-corrected chi connectivity index (χ0v) is 15.8. The third kappa shape index (κ3) is 2.59. The number of nitrogens with zero attached hydrogens (tertiary/aromatic N) is 3. The molecule has 138 valence electrons. The normalized spacial score (nSPS) is 15.0. The van der Waals surface area contributed by atoms with Gasteiger partial charge in [-0.25, -0.2) is 4.98 Å². The number of hydrogen-bond donors (Lipinski definition) is 0. The van der Waals surface area contributed by atoms with Crippen LogP contribution in [0.2, 0.25) is 0 Å². The molecule has 0 amide bonds. The van der Waals surface area contributed by atoms with Crippen LogP contribution in [0.1, 0.15) is 21.5 Å². The Labute approximate surface area is 163 Å². The number of fused-ring (bicyclic) bond motifs is 4. The first-order valence-electron chi connectivity index (χ1n) is 9.28. The molecule has 28 heavy (non-hydrogen) atoms. The number of carbonyl (C=O) groups excluding carboxylic acids is 1. The van der Waals surface area contributed by atoms with Gasteiger partial charge in [-0.3, -0.25) is 9.79 Å². The third-order valence-electron chi connectivity index (χ3n) is 5.23. The Bertz CT molecular complexity index is 1180. The maximum atomic E-state index is 13.2. The number of ketones is 1. The van der Waals surface area contributed by atoms with Gasteiger partial charge in [0.15, 0.2) is 5.78 Å². The molecule has 0 aliphatic carbocycles. The van der Waals surface area contributed by atoms with Gasteiger partial charge in [-0.05, 0) is 31.2 Å². The quantitative estimate of drug-likeness (QED) is 0.654. The summed E-state index contributed by atoms with van der Waals surface area (Å²) in [6, 6.07) is 15.6. The molecule has 0 saturated carbocycles. The summed E-state index contributed by atoms with van der Waals surface area (Å²) in [6.07, 6.45) is 1.93. The number of amidine groups is 1. The zero-order valence-electron chi connectivity index (χ0n) is 15.8. The molecule has 0 unspecified atom stereocenters. The van der Waals surface area contributed by atoms with Crippen molar-refractivity contribution in [1.29, 1.82) is 0 Å². The van der Waals surface area contributed by atoms with Crippen LogP contribution in [0.15, 0.2) is 59.1 Å². The number of aromatic nitrogens is 1. The largest absolute Gasteiger partial charge is 0.497 e. The first kappa shape index (κ1) is 16.7. The van der Waals surface area contributed by atoms with Gasteiger partial charge in [0.1, 0.15) is 17.4 Å². The van der Waals surface area contributed by atoms with E-state index in [0.717, 1.165) is 40.1 Å². The highest BCUT2D eigenvalue weighted by molar-refractivity contribution is 6.35. The lowest BCUT2D eigenvalue weighted by molar-refractivity contribution is 0.104. The number of aliphatic imine (C=N–C) groups is 1. The Balaban J connectivity index is 1.66. The molecule has 5 nitrogen and oxygen atoms in total. The maximum absolute atomic E-state index is 13.2. The second kappa shape index (κ2) is 6.30. The average Bonchev–Trinajstić information content (AvgIpc) is 3.21. The first-order valence-corrected chi connectivity index (χ1v) is 9.28. The monoisotopic (exact) mass is 369 g/mol. The van der Waals surface area contributed by atoms with Gasteiger partial charge in [0.25, 0.3) is 0 Å². The van der Waals surface area contributed by atoms with E-state index in [1.807, 2.05) is 55.5 Å². The minimum Gasteiger partial charge on any atom is -0.497 e. The molecule has 2 aliphatic heterocycles. The van der Waals surface area contributed by atoms with E-state index >= 15 is 0 Å². The molecule has 1 aromatic heterocycles. The Morgan fingerprint density at radius 2 is 1.93 bits per heavy atom. The van der Waals surface area contributed by atoms with E-state index < -0.39 is 0 Å². The molecular formula is C23H19N3O2. The van der Waals surface area contributed by atoms with Crippen molar-refractivity contribution < 1.29 is 9.53 Å². The standard InChI is InChI=1S/C23H19N3O2/c1-14-3-5-15(6-4-14)21(27)19-12-17-11-16-7-8-18(28-2)13-20(16)25-22(17)26-10-9-24-23(19)26/h3-8,11-13H,9-10H2,1-2H3. The molecule has 0 fully saturated rings. The van der Waals surface area contributed by atoms with Gasteiger partial charge < -0.3 is 9.64 Å². The summed E-state index contributed by atoms with van der Waals surface area (Å²) in [6.45, 7) is 3.40. The lowest BCUT2D eigenvalue weighted by Gasteiger charge is -2.27. The lowest BCUT2D eigenvalue weighted by atomic mass is 9.96. The second-order valence-corrected chi connectivity index (χ2v) is 7.07. The fourth-order valence-corrected chi connectivity index (χ4v) is 3.73. The number of aryl methyl sites for hydroxylation is 1. The summed E-state index contributed by atoms with van der Waals surface area (Å²) < 4.78 is 5.32. The predicted octanol–water partition coefficient (Wildman–Crippen LogP) is 4.05. The molecule has 2 aromatic carbocycles. The van der Waals surface area contributed by atoms with Crippen molar-refractivity contribution in [2.24, 2.45) is 4.99 Å². The van der Waals surface area contributed by atoms with Crippen LogP contribution in [0.4, 0.5) is 5.82 Å². The summed E-state index contributed by atoms with van der Waals surface area (Å²) >= 11 is 0. The Kier molecular flexibility index (Phi) is 3.76. The van der Waals surface area contributed by atoms with Crippen molar-refractivity contribution in [3.63, 3.8) is 0 Å². The molecule has 2 aliphatic rings. The number of pyridine rings is 1. The van der Waals surface area contributed by atoms with Crippen LogP contribution in [0.5, 0.6) is 5.75 Å². The van der Waals surface area contributed by atoms with Crippen molar-refractivity contribution in [1.82, 2.24) is 4.98 Å². The van der Waals surface area contributed by atoms with E-state index in [1.54, 1.807) is 7.11 Å². The van der Waals surface area contributed by atoms with Gasteiger partial charge in [-0.1, -0.05) is 29.8 Å². The van der Waals surface area contributed by atoms with Crippen molar-refractivity contribution in [2.75, 3.05) is 25.1 Å². The van der Waals surface area contributed by atoms with Gasteiger partial charge in [-0.2, -0.15) is 0 Å². The molecule has 0 atom stereocenters. The number of Topliss-reactive ketones (excluding diaryl/α,β-unsaturated/α-hetero) is 1. The van der Waals surface area contributed by atoms with E-state index in [0.29, 0.717) is 23.5 Å². The van der Waals surface area contributed by atoms with Crippen LogP contribution in [-0.2, 0) is 0 Å². The minimum atomic E-state index is -0.00821. The van der Waals surface area contributed by atoms with Gasteiger partial charge in [-0.15, -0.1) is 0 Å². The highest BCUT2D eigenvalue weighted by Crippen LogP contribution is 2.34. The minimum absolute atomic E-state index is 0.00821. The highest BCUT2D eigenvalue weighted by atomic mass is 16.5. The highest BCUT2D eigenvalue weighted by Gasteiger charge is 2.33. The van der Waals surface area contributed by atoms with Crippen molar-refractivity contribution in [2.45, 2.75) is 6.92 Å². The predicted molar refractivity (Wildman–Crippen MR) is 111 cm³/mol. The number of anilines is 1. The molecule has 0 radical (unpaired) electrons. The fraction of sp³-hybridized carbons (Fsp3) is 0.174. The molecule has 0 saturated heterocycles. The van der Waals surface area contributed by atoms with E-state index in [9.17, 15) is 4.79 Å². The van der Waals surface area contributed by atoms with Crippen LogP contribution >= 0.6 is 0 Å². The van der Waals surface area contributed by atoms with Crippen LogP contribution in [0, 0.1) is 6.92 Å². The van der Waals surface area contributed by atoms with Gasteiger partial charge in [0, 0.05) is 29.1 Å². The first-order chi connectivity index (χ1) is 13.6. The summed E-state index contributed by atoms with van der Waals surface area (Å²) in [4.78, 5) is 24.7. The van der Waals surface area contributed by atoms with Crippen molar-refractivity contribution >= 4 is 34.4 Å². The van der Waals surface area contributed by atoms with E-state index in [2.05, 4.69) is 16.0 Å². The summed E-state index contributed by atoms with van der Waals surface area (Å²) in [7, 11) is 1.65. The van der Waals surface area contributed by atoms with E-state index in [4.69, 9.17) is 9.72 Å². The maximum Gasteiger partial charge on any atom is 0.196 e. The number of rotatable bonds is 3. The summed E-state index contributed by atoms with van der Waals surface area (Å²) in [5, 5.41) is 1.01. The van der Waals surface area contributed by atoms with Crippen LogP contribution in [0.3, 0.4) is 0 Å². The molecule has 0 N–H and O–H groups in total. The van der Waals surface area contributed by atoms with Crippen LogP contribution in [0.25, 0.3) is 17.0 Å². The fourth-order valence-electron chi connectivity index (χ4n) is 3.73. The summed E-state index contributed by atoms with van der Waals surface area (Å²) in [5.41, 5.74) is 4.24. The Hall–Kier alpha value is -3.47. The molecular weight excluding hydrogens is 350 g/mol. The lowest BCUT2D eigenvalue weighted by Crippen LogP contribution is -2.35. The number of ether oxygens (including phenoxy) is 1. The topological polar surface area (TPSA) is 54.8 Å². The average molecular weight is 369 g/mol. The molecule has 5 heteroatoms. The second-order valence-electron chi connectivity index (χ2n) is 7.07. The number of carbonyl (C=O) groups is 1. The van der Waals surface area contributed by atoms with Crippen molar-refractivity contribution in [3.8, 4) is 5.75 Å². The molecule has 0 bridgehead atoms. The van der Waals surface area contributed by atoms with Gasteiger partial charge in [0.2, 0.25) is 0 Å². The van der Waals surface area contributed by atoms with E-state index in [-0.39, 0.29) is 5.78 Å². The summed E-state index contributed by atoms with van der Waals surface area (Å²) in [5.74, 6) is 2.33. The molecule has 3 heterocycles. The van der Waals surface area contributed by atoms with E-state index in [1.165, 1.54) is 0 Å². The molecule has 3 aromatic rings. The smallest absolute Gasteiger partial charge is 0.196 e. The SMILES string of the molecule is COc1ccc2cc3c(nc2c1)N1CCN=C1C(C(=O)c1ccc(C)cc1)=C3. The molecule has 0 spiro atoms. The van der Waals surface area contributed by atoms with Gasteiger partial charge in [0.05, 0.1) is 24.7 Å². The van der Waals surface area contributed by atoms with Crippen LogP contribution < -0.4 is 9.64 Å². The third-order valence-corrected chi connectivity index (χ3v) is 5.23. The van der Waals surface area contributed by atoms with Crippen molar-refractivity contribution in [3.05, 3.63) is 70.8 Å². The zero-order chi connectivity index (χ0) is 19.3. The number of benzene rings is 2. The van der Waals surface area contributed by atoms with Crippen LogP contribution in [-0.4, -0.2) is 36.8 Å². The Morgan fingerprint density at radius 1 is 1.11 bits per heavy atom.